The fourth-order valence-electron chi connectivity index (χ4n) is 2.04. The predicted molar refractivity (Wildman–Crippen MR) is 96.3 cm³/mol. The highest BCUT2D eigenvalue weighted by Gasteiger charge is 2.08. The Bertz CT molecular complexity index is 661. The molecule has 2 aromatic rings. The molecule has 2 aromatic carbocycles. The Hall–Kier alpha value is -1.16. The third-order valence-electron chi connectivity index (χ3n) is 3.10. The van der Waals surface area contributed by atoms with E-state index >= 15 is 0 Å². The minimum absolute atomic E-state index is 0.0184. The van der Waals surface area contributed by atoms with Gasteiger partial charge in [0.25, 0.3) is 0 Å². The van der Waals surface area contributed by atoms with E-state index in [1.165, 1.54) is 0 Å². The van der Waals surface area contributed by atoms with Crippen molar-refractivity contribution in [3.05, 3.63) is 58.1 Å². The van der Waals surface area contributed by atoms with E-state index in [0.717, 1.165) is 21.9 Å². The lowest BCUT2D eigenvalue weighted by molar-refractivity contribution is -0.116. The summed E-state index contributed by atoms with van der Waals surface area (Å²) in [5.74, 6) is 0.947. The van der Waals surface area contributed by atoms with Gasteiger partial charge in [0, 0.05) is 21.4 Å². The lowest BCUT2D eigenvalue weighted by Gasteiger charge is -2.10. The molecule has 2 nitrogen and oxygen atoms in total. The average Bonchev–Trinajstić information content (AvgIpc) is 2.48. The smallest absolute Gasteiger partial charge is 0.224 e. The second kappa shape index (κ2) is 8.47. The molecule has 0 heterocycles. The van der Waals surface area contributed by atoms with Gasteiger partial charge in [-0.2, -0.15) is 0 Å². The Morgan fingerprint density at radius 1 is 1.18 bits per heavy atom. The number of rotatable bonds is 6. The fourth-order valence-corrected chi connectivity index (χ4v) is 3.30. The third kappa shape index (κ3) is 4.94. The molecule has 0 bridgehead atoms. The molecule has 0 unspecified atom stereocenters. The van der Waals surface area contributed by atoms with Crippen molar-refractivity contribution in [2.45, 2.75) is 24.7 Å². The molecule has 1 N–H and O–H groups in total. The molecule has 0 aromatic heterocycles. The van der Waals surface area contributed by atoms with E-state index in [9.17, 15) is 4.79 Å². The number of halogens is 2. The molecule has 2 rings (SSSR count). The van der Waals surface area contributed by atoms with Crippen molar-refractivity contribution in [1.82, 2.24) is 0 Å². The molecular weight excluding hydrogens is 337 g/mol. The minimum atomic E-state index is -0.0184. The Kier molecular flexibility index (Phi) is 6.62. The first-order valence-electron chi connectivity index (χ1n) is 7.05. The van der Waals surface area contributed by atoms with E-state index in [2.05, 4.69) is 12.2 Å². The molecule has 0 saturated heterocycles. The van der Waals surface area contributed by atoms with Crippen LogP contribution < -0.4 is 5.32 Å². The largest absolute Gasteiger partial charge is 0.325 e. The second-order valence-corrected chi connectivity index (χ2v) is 6.86. The number of aryl methyl sites for hydroxylation is 1. The van der Waals surface area contributed by atoms with Crippen LogP contribution in [0.3, 0.4) is 0 Å². The first-order chi connectivity index (χ1) is 10.6. The second-order valence-electron chi connectivity index (χ2n) is 4.71. The van der Waals surface area contributed by atoms with Crippen LogP contribution in [0.2, 0.25) is 10.0 Å². The number of hydrogen-bond donors (Lipinski definition) is 1. The van der Waals surface area contributed by atoms with Crippen molar-refractivity contribution in [1.29, 1.82) is 0 Å². The van der Waals surface area contributed by atoms with E-state index in [1.54, 1.807) is 23.9 Å². The lowest BCUT2D eigenvalue weighted by Crippen LogP contribution is -2.13. The van der Waals surface area contributed by atoms with Gasteiger partial charge in [0.1, 0.15) is 0 Å². The van der Waals surface area contributed by atoms with Gasteiger partial charge in [-0.25, -0.2) is 0 Å². The van der Waals surface area contributed by atoms with E-state index in [1.807, 2.05) is 30.3 Å². The maximum absolute atomic E-state index is 12.1. The number of carbonyl (C=O) groups excluding carboxylic acids is 1. The quantitative estimate of drug-likeness (QED) is 0.677. The van der Waals surface area contributed by atoms with Crippen LogP contribution in [0.5, 0.6) is 0 Å². The zero-order chi connectivity index (χ0) is 15.9. The number of benzene rings is 2. The summed E-state index contributed by atoms with van der Waals surface area (Å²) in [5, 5.41) is 4.17. The molecule has 0 aliphatic carbocycles. The van der Waals surface area contributed by atoms with Crippen LogP contribution in [0.4, 0.5) is 5.69 Å². The van der Waals surface area contributed by atoms with E-state index < -0.39 is 0 Å². The summed E-state index contributed by atoms with van der Waals surface area (Å²) in [6.07, 6.45) is 0.970. The van der Waals surface area contributed by atoms with Crippen LogP contribution in [0.25, 0.3) is 0 Å². The molecule has 0 atom stereocenters. The van der Waals surface area contributed by atoms with Gasteiger partial charge < -0.3 is 5.32 Å². The molecule has 0 saturated carbocycles. The fraction of sp³-hybridized carbons (Fsp3) is 0.235. The number of thioether (sulfide) groups is 1. The SMILES string of the molecule is CCSc1ccccc1NC(=O)CCc1ccc(Cl)cc1Cl. The molecule has 22 heavy (non-hydrogen) atoms. The number of anilines is 1. The van der Waals surface area contributed by atoms with E-state index in [4.69, 9.17) is 23.2 Å². The minimum Gasteiger partial charge on any atom is -0.325 e. The molecule has 0 aliphatic rings. The van der Waals surface area contributed by atoms with Crippen molar-refractivity contribution in [3.8, 4) is 0 Å². The van der Waals surface area contributed by atoms with E-state index in [-0.39, 0.29) is 5.91 Å². The first kappa shape index (κ1) is 17.2. The molecule has 0 aliphatic heterocycles. The van der Waals surface area contributed by atoms with Gasteiger partial charge >= 0.3 is 0 Å². The highest BCUT2D eigenvalue weighted by atomic mass is 35.5. The first-order valence-corrected chi connectivity index (χ1v) is 8.80. The van der Waals surface area contributed by atoms with Crippen molar-refractivity contribution < 1.29 is 4.79 Å². The number of hydrogen-bond acceptors (Lipinski definition) is 2. The maximum Gasteiger partial charge on any atom is 0.224 e. The molecule has 0 fully saturated rings. The highest BCUT2D eigenvalue weighted by Crippen LogP contribution is 2.27. The van der Waals surface area contributed by atoms with E-state index in [0.29, 0.717) is 22.9 Å². The summed E-state index contributed by atoms with van der Waals surface area (Å²) in [4.78, 5) is 13.2. The Balaban J connectivity index is 1.96. The van der Waals surface area contributed by atoms with Crippen molar-refractivity contribution >= 4 is 46.6 Å². The van der Waals surface area contributed by atoms with Crippen LogP contribution in [-0.2, 0) is 11.2 Å². The van der Waals surface area contributed by atoms with Crippen LogP contribution in [0, 0.1) is 0 Å². The zero-order valence-corrected chi connectivity index (χ0v) is 14.6. The molecule has 116 valence electrons. The van der Waals surface area contributed by atoms with Gasteiger partial charge in [0.2, 0.25) is 5.91 Å². The summed E-state index contributed by atoms with van der Waals surface area (Å²) in [5.41, 5.74) is 1.79. The summed E-state index contributed by atoms with van der Waals surface area (Å²) < 4.78 is 0. The Morgan fingerprint density at radius 2 is 1.95 bits per heavy atom. The number of carbonyl (C=O) groups is 1. The molecule has 0 radical (unpaired) electrons. The number of para-hydroxylation sites is 1. The molecular formula is C17H17Cl2NOS. The van der Waals surface area contributed by atoms with Gasteiger partial charge in [-0.1, -0.05) is 48.3 Å². The summed E-state index contributed by atoms with van der Waals surface area (Å²) in [7, 11) is 0. The zero-order valence-electron chi connectivity index (χ0n) is 12.2. The van der Waals surface area contributed by atoms with Gasteiger partial charge in [-0.15, -0.1) is 11.8 Å². The number of amides is 1. The van der Waals surface area contributed by atoms with Gasteiger partial charge in [-0.3, -0.25) is 4.79 Å². The van der Waals surface area contributed by atoms with Gasteiger partial charge in [0.15, 0.2) is 0 Å². The number of nitrogens with one attached hydrogen (secondary N) is 1. The topological polar surface area (TPSA) is 29.1 Å². The average molecular weight is 354 g/mol. The maximum atomic E-state index is 12.1. The standard InChI is InChI=1S/C17H17Cl2NOS/c1-2-22-16-6-4-3-5-15(16)20-17(21)10-8-12-7-9-13(18)11-14(12)19/h3-7,9,11H,2,8,10H2,1H3,(H,20,21). The van der Waals surface area contributed by atoms with Gasteiger partial charge in [0.05, 0.1) is 5.69 Å². The summed E-state index contributed by atoms with van der Waals surface area (Å²) in [6.45, 7) is 2.09. The van der Waals surface area contributed by atoms with Crippen molar-refractivity contribution in [2.24, 2.45) is 0 Å². The Morgan fingerprint density at radius 3 is 2.68 bits per heavy atom. The summed E-state index contributed by atoms with van der Waals surface area (Å²) >= 11 is 13.7. The Labute approximate surface area is 145 Å². The monoisotopic (exact) mass is 353 g/mol. The van der Waals surface area contributed by atoms with Crippen LogP contribution in [-0.4, -0.2) is 11.7 Å². The normalized spacial score (nSPS) is 10.5. The highest BCUT2D eigenvalue weighted by molar-refractivity contribution is 7.99. The van der Waals surface area contributed by atoms with Crippen LogP contribution >= 0.6 is 35.0 Å². The third-order valence-corrected chi connectivity index (χ3v) is 4.64. The molecule has 0 spiro atoms. The molecule has 5 heteroatoms. The van der Waals surface area contributed by atoms with Gasteiger partial charge in [-0.05, 0) is 42.0 Å². The van der Waals surface area contributed by atoms with Crippen molar-refractivity contribution in [2.75, 3.05) is 11.1 Å². The van der Waals surface area contributed by atoms with Crippen LogP contribution in [0.1, 0.15) is 18.9 Å². The van der Waals surface area contributed by atoms with Crippen LogP contribution in [0.15, 0.2) is 47.4 Å². The molecule has 1 amide bonds. The summed E-state index contributed by atoms with van der Waals surface area (Å²) in [6, 6.07) is 13.2. The lowest BCUT2D eigenvalue weighted by atomic mass is 10.1. The van der Waals surface area contributed by atoms with Crippen molar-refractivity contribution in [3.63, 3.8) is 0 Å². The predicted octanol–water partition coefficient (Wildman–Crippen LogP) is 5.68.